The standard InChI is InChI=1S/C10H10N4O2/c15-10(16)14(7-3-4-7)9-11-6-8-2-1-5-13(8)12-9/h1-2,5-7H,3-4H2,(H,15,16). The van der Waals surface area contributed by atoms with Crippen LogP contribution in [-0.2, 0) is 0 Å². The number of anilines is 1. The third-order valence-corrected chi connectivity index (χ3v) is 2.60. The van der Waals surface area contributed by atoms with Crippen molar-refractivity contribution in [3.05, 3.63) is 24.5 Å². The van der Waals surface area contributed by atoms with E-state index in [0.29, 0.717) is 0 Å². The SMILES string of the molecule is O=C(O)N(c1ncc2cccn2n1)C1CC1. The van der Waals surface area contributed by atoms with E-state index in [0.717, 1.165) is 18.4 Å². The number of hydrogen-bond acceptors (Lipinski definition) is 3. The average Bonchev–Trinajstić information content (AvgIpc) is 2.96. The summed E-state index contributed by atoms with van der Waals surface area (Å²) in [5, 5.41) is 13.3. The maximum Gasteiger partial charge on any atom is 0.414 e. The number of rotatable bonds is 2. The van der Waals surface area contributed by atoms with Crippen LogP contribution in [-0.4, -0.2) is 31.8 Å². The molecule has 0 bridgehead atoms. The van der Waals surface area contributed by atoms with Crippen LogP contribution in [0.3, 0.4) is 0 Å². The molecule has 0 radical (unpaired) electrons. The maximum atomic E-state index is 11.1. The fourth-order valence-corrected chi connectivity index (χ4v) is 1.67. The fourth-order valence-electron chi connectivity index (χ4n) is 1.67. The Kier molecular flexibility index (Phi) is 1.82. The van der Waals surface area contributed by atoms with Gasteiger partial charge in [0.1, 0.15) is 0 Å². The van der Waals surface area contributed by atoms with Gasteiger partial charge in [0.2, 0.25) is 0 Å². The molecule has 0 unspecified atom stereocenters. The highest BCUT2D eigenvalue weighted by atomic mass is 16.4. The minimum absolute atomic E-state index is 0.0468. The minimum atomic E-state index is -0.992. The molecule has 2 aromatic rings. The summed E-state index contributed by atoms with van der Waals surface area (Å²) in [6, 6.07) is 3.76. The van der Waals surface area contributed by atoms with E-state index in [1.54, 1.807) is 16.9 Å². The molecule has 0 aliphatic heterocycles. The summed E-state index contributed by atoms with van der Waals surface area (Å²) in [6.45, 7) is 0. The van der Waals surface area contributed by atoms with Gasteiger partial charge in [0.25, 0.3) is 5.95 Å². The first-order valence-corrected chi connectivity index (χ1v) is 5.08. The molecule has 6 heteroatoms. The van der Waals surface area contributed by atoms with Crippen molar-refractivity contribution in [2.75, 3.05) is 4.90 Å². The second-order valence-corrected chi connectivity index (χ2v) is 3.82. The van der Waals surface area contributed by atoms with Gasteiger partial charge in [-0.3, -0.25) is 0 Å². The third-order valence-electron chi connectivity index (χ3n) is 2.60. The molecule has 1 fully saturated rings. The molecular weight excluding hydrogens is 208 g/mol. The van der Waals surface area contributed by atoms with E-state index < -0.39 is 6.09 Å². The van der Waals surface area contributed by atoms with Crippen molar-refractivity contribution < 1.29 is 9.90 Å². The van der Waals surface area contributed by atoms with Gasteiger partial charge in [0.05, 0.1) is 11.7 Å². The lowest BCUT2D eigenvalue weighted by Crippen LogP contribution is -2.33. The summed E-state index contributed by atoms with van der Waals surface area (Å²) in [5.74, 6) is 0.249. The number of carboxylic acid groups (broad SMARTS) is 1. The van der Waals surface area contributed by atoms with Gasteiger partial charge < -0.3 is 5.11 Å². The number of carbonyl (C=O) groups is 1. The molecule has 1 N–H and O–H groups in total. The number of fused-ring (bicyclic) bond motifs is 1. The lowest BCUT2D eigenvalue weighted by molar-refractivity contribution is 0.201. The third kappa shape index (κ3) is 1.39. The molecule has 1 amide bonds. The first-order valence-electron chi connectivity index (χ1n) is 5.08. The molecule has 16 heavy (non-hydrogen) atoms. The largest absolute Gasteiger partial charge is 0.465 e. The Morgan fingerprint density at radius 2 is 2.38 bits per heavy atom. The van der Waals surface area contributed by atoms with Crippen LogP contribution in [0.25, 0.3) is 5.52 Å². The Hall–Kier alpha value is -2.11. The van der Waals surface area contributed by atoms with Crippen LogP contribution in [0.1, 0.15) is 12.8 Å². The Morgan fingerprint density at radius 1 is 1.56 bits per heavy atom. The number of nitrogens with zero attached hydrogens (tertiary/aromatic N) is 4. The lowest BCUT2D eigenvalue weighted by atomic mass is 10.5. The van der Waals surface area contributed by atoms with Crippen LogP contribution in [0, 0.1) is 0 Å². The van der Waals surface area contributed by atoms with Crippen LogP contribution < -0.4 is 4.90 Å². The van der Waals surface area contributed by atoms with Crippen molar-refractivity contribution in [3.63, 3.8) is 0 Å². The Labute approximate surface area is 91.1 Å². The predicted octanol–water partition coefficient (Wildman–Crippen LogP) is 1.38. The fraction of sp³-hybridized carbons (Fsp3) is 0.300. The molecule has 3 rings (SSSR count). The number of hydrogen-bond donors (Lipinski definition) is 1. The Balaban J connectivity index is 2.05. The van der Waals surface area contributed by atoms with Gasteiger partial charge in [-0.15, -0.1) is 5.10 Å². The minimum Gasteiger partial charge on any atom is -0.465 e. The molecule has 1 saturated carbocycles. The van der Waals surface area contributed by atoms with Gasteiger partial charge in [0.15, 0.2) is 0 Å². The predicted molar refractivity (Wildman–Crippen MR) is 56.5 cm³/mol. The monoisotopic (exact) mass is 218 g/mol. The number of amides is 1. The highest BCUT2D eigenvalue weighted by molar-refractivity contribution is 5.84. The van der Waals surface area contributed by atoms with E-state index in [1.807, 2.05) is 12.1 Å². The maximum absolute atomic E-state index is 11.1. The van der Waals surface area contributed by atoms with Gasteiger partial charge >= 0.3 is 6.09 Å². The molecule has 1 aliphatic rings. The second kappa shape index (κ2) is 3.19. The molecule has 2 heterocycles. The quantitative estimate of drug-likeness (QED) is 0.826. The molecule has 0 aromatic carbocycles. The highest BCUT2D eigenvalue weighted by Crippen LogP contribution is 2.29. The van der Waals surface area contributed by atoms with E-state index in [4.69, 9.17) is 5.11 Å². The van der Waals surface area contributed by atoms with Crippen LogP contribution in [0.4, 0.5) is 10.7 Å². The van der Waals surface area contributed by atoms with Crippen molar-refractivity contribution in [2.24, 2.45) is 0 Å². The summed E-state index contributed by atoms with van der Waals surface area (Å²) in [7, 11) is 0. The van der Waals surface area contributed by atoms with E-state index in [1.165, 1.54) is 4.90 Å². The topological polar surface area (TPSA) is 70.7 Å². The lowest BCUT2D eigenvalue weighted by Gasteiger charge is -2.15. The zero-order valence-corrected chi connectivity index (χ0v) is 8.45. The summed E-state index contributed by atoms with van der Waals surface area (Å²) >= 11 is 0. The zero-order chi connectivity index (χ0) is 11.1. The van der Waals surface area contributed by atoms with Crippen LogP contribution in [0.5, 0.6) is 0 Å². The first kappa shape index (κ1) is 9.14. The van der Waals surface area contributed by atoms with E-state index in [2.05, 4.69) is 10.1 Å². The smallest absolute Gasteiger partial charge is 0.414 e. The van der Waals surface area contributed by atoms with Crippen molar-refractivity contribution in [2.45, 2.75) is 18.9 Å². The van der Waals surface area contributed by atoms with Gasteiger partial charge in [-0.25, -0.2) is 19.2 Å². The molecule has 0 atom stereocenters. The van der Waals surface area contributed by atoms with E-state index in [-0.39, 0.29) is 12.0 Å². The number of aromatic nitrogens is 3. The summed E-state index contributed by atoms with van der Waals surface area (Å²) in [5.41, 5.74) is 0.852. The molecule has 1 aliphatic carbocycles. The van der Waals surface area contributed by atoms with Gasteiger partial charge in [-0.05, 0) is 25.0 Å². The van der Waals surface area contributed by atoms with Gasteiger partial charge in [0, 0.05) is 12.2 Å². The van der Waals surface area contributed by atoms with Gasteiger partial charge in [-0.2, -0.15) is 0 Å². The van der Waals surface area contributed by atoms with Crippen LogP contribution in [0.15, 0.2) is 24.5 Å². The molecular formula is C10H10N4O2. The van der Waals surface area contributed by atoms with Crippen molar-refractivity contribution in [1.82, 2.24) is 14.6 Å². The molecule has 6 nitrogen and oxygen atoms in total. The van der Waals surface area contributed by atoms with E-state index in [9.17, 15) is 4.79 Å². The second-order valence-electron chi connectivity index (χ2n) is 3.82. The summed E-state index contributed by atoms with van der Waals surface area (Å²) < 4.78 is 1.63. The van der Waals surface area contributed by atoms with Crippen molar-refractivity contribution in [1.29, 1.82) is 0 Å². The molecule has 0 saturated heterocycles. The highest BCUT2D eigenvalue weighted by Gasteiger charge is 2.35. The van der Waals surface area contributed by atoms with E-state index >= 15 is 0 Å². The summed E-state index contributed by atoms with van der Waals surface area (Å²) in [6.07, 6.45) is 4.18. The van der Waals surface area contributed by atoms with Crippen LogP contribution >= 0.6 is 0 Å². The average molecular weight is 218 g/mol. The Bertz CT molecular complexity index is 546. The Morgan fingerprint density at radius 3 is 3.06 bits per heavy atom. The zero-order valence-electron chi connectivity index (χ0n) is 8.45. The van der Waals surface area contributed by atoms with Crippen molar-refractivity contribution in [3.8, 4) is 0 Å². The van der Waals surface area contributed by atoms with Crippen molar-refractivity contribution >= 4 is 17.6 Å². The molecule has 2 aromatic heterocycles. The molecule has 0 spiro atoms. The molecule has 82 valence electrons. The van der Waals surface area contributed by atoms with Gasteiger partial charge in [-0.1, -0.05) is 0 Å². The summed E-state index contributed by atoms with van der Waals surface area (Å²) in [4.78, 5) is 16.4. The normalized spacial score (nSPS) is 15.2. The van der Waals surface area contributed by atoms with Crippen LogP contribution in [0.2, 0.25) is 0 Å². The first-order chi connectivity index (χ1) is 7.75.